The number of hydrogen-bond donors (Lipinski definition) is 0. The minimum atomic E-state index is -0.311. The van der Waals surface area contributed by atoms with Crippen LogP contribution < -0.4 is 0 Å². The van der Waals surface area contributed by atoms with Crippen LogP contribution in [0.1, 0.15) is 44.1 Å². The number of carbonyl (C=O) groups excluding carboxylic acids is 1. The Morgan fingerprint density at radius 2 is 1.96 bits per heavy atom. The van der Waals surface area contributed by atoms with Crippen molar-refractivity contribution in [1.82, 2.24) is 14.5 Å². The fourth-order valence-electron chi connectivity index (χ4n) is 3.75. The van der Waals surface area contributed by atoms with Gasteiger partial charge in [0, 0.05) is 47.6 Å². The molecule has 0 aliphatic carbocycles. The molecule has 1 atom stereocenters. The van der Waals surface area contributed by atoms with Gasteiger partial charge in [-0.1, -0.05) is 29.3 Å². The predicted octanol–water partition coefficient (Wildman–Crippen LogP) is 5.01. The number of rotatable bonds is 6. The summed E-state index contributed by atoms with van der Waals surface area (Å²) in [7, 11) is 0. The number of likely N-dealkylation sites (tertiary alicyclic amines) is 1. The first-order valence-corrected chi connectivity index (χ1v) is 10.00. The van der Waals surface area contributed by atoms with Crippen molar-refractivity contribution in [2.75, 3.05) is 13.1 Å². The van der Waals surface area contributed by atoms with Gasteiger partial charge in [-0.3, -0.25) is 4.79 Å². The SMILES string of the molecule is C[C@@H](C(=O)N1CCC(CCCn2ccnc2)CC1)c1c(Cl)cccc1Cl. The third-order valence-corrected chi connectivity index (χ3v) is 5.98. The van der Waals surface area contributed by atoms with Gasteiger partial charge in [-0.05, 0) is 50.7 Å². The number of halogens is 2. The summed E-state index contributed by atoms with van der Waals surface area (Å²) >= 11 is 12.5. The maximum absolute atomic E-state index is 12.9. The summed E-state index contributed by atoms with van der Waals surface area (Å²) < 4.78 is 2.12. The van der Waals surface area contributed by atoms with Gasteiger partial charge in [-0.2, -0.15) is 0 Å². The molecule has 0 spiro atoms. The molecular formula is C20H25Cl2N3O. The average Bonchev–Trinajstić information content (AvgIpc) is 3.15. The van der Waals surface area contributed by atoms with Crippen molar-refractivity contribution >= 4 is 29.1 Å². The second-order valence-corrected chi connectivity index (χ2v) is 7.88. The molecule has 140 valence electrons. The van der Waals surface area contributed by atoms with E-state index in [1.165, 1.54) is 6.42 Å². The number of piperidine rings is 1. The van der Waals surface area contributed by atoms with Gasteiger partial charge in [0.25, 0.3) is 0 Å². The lowest BCUT2D eigenvalue weighted by Gasteiger charge is -2.34. The number of amides is 1. The molecule has 1 aliphatic heterocycles. The van der Waals surface area contributed by atoms with E-state index < -0.39 is 0 Å². The van der Waals surface area contributed by atoms with E-state index in [1.807, 2.05) is 30.5 Å². The first-order chi connectivity index (χ1) is 12.6. The molecular weight excluding hydrogens is 369 g/mol. The second-order valence-electron chi connectivity index (χ2n) is 7.07. The Hall–Kier alpha value is -1.52. The summed E-state index contributed by atoms with van der Waals surface area (Å²) in [5.41, 5.74) is 0.739. The van der Waals surface area contributed by atoms with Crippen molar-refractivity contribution < 1.29 is 4.79 Å². The van der Waals surface area contributed by atoms with Crippen LogP contribution in [0, 0.1) is 5.92 Å². The van der Waals surface area contributed by atoms with E-state index in [0.717, 1.165) is 44.5 Å². The molecule has 0 unspecified atom stereocenters. The molecule has 0 saturated carbocycles. The summed E-state index contributed by atoms with van der Waals surface area (Å²) in [5, 5.41) is 1.13. The van der Waals surface area contributed by atoms with E-state index in [9.17, 15) is 4.79 Å². The lowest BCUT2D eigenvalue weighted by molar-refractivity contribution is -0.133. The average molecular weight is 394 g/mol. The maximum Gasteiger partial charge on any atom is 0.229 e. The van der Waals surface area contributed by atoms with Crippen LogP contribution in [0.25, 0.3) is 0 Å². The number of aromatic nitrogens is 2. The normalized spacial score (nSPS) is 16.7. The van der Waals surface area contributed by atoms with Crippen molar-refractivity contribution in [2.24, 2.45) is 5.92 Å². The zero-order chi connectivity index (χ0) is 18.5. The van der Waals surface area contributed by atoms with Gasteiger partial charge < -0.3 is 9.47 Å². The standard InChI is InChI=1S/C20H25Cl2N3O/c1-15(19-17(21)5-2-6-18(19)22)20(26)25-11-7-16(8-12-25)4-3-10-24-13-9-23-14-24/h2,5-6,9,13-16H,3-4,7-8,10-12H2,1H3/t15-/m1/s1. The zero-order valence-corrected chi connectivity index (χ0v) is 16.6. The highest BCUT2D eigenvalue weighted by Crippen LogP contribution is 2.33. The van der Waals surface area contributed by atoms with Gasteiger partial charge in [0.2, 0.25) is 5.91 Å². The Balaban J connectivity index is 1.48. The third-order valence-electron chi connectivity index (χ3n) is 5.32. The van der Waals surface area contributed by atoms with Crippen LogP contribution in [-0.2, 0) is 11.3 Å². The lowest BCUT2D eigenvalue weighted by Crippen LogP contribution is -2.40. The number of carbonyl (C=O) groups is 1. The zero-order valence-electron chi connectivity index (χ0n) is 15.1. The van der Waals surface area contributed by atoms with Gasteiger partial charge in [0.1, 0.15) is 0 Å². The molecule has 1 amide bonds. The molecule has 2 heterocycles. The van der Waals surface area contributed by atoms with E-state index in [0.29, 0.717) is 16.0 Å². The second kappa shape index (κ2) is 8.92. The van der Waals surface area contributed by atoms with Crippen LogP contribution in [0.3, 0.4) is 0 Å². The van der Waals surface area contributed by atoms with Crippen LogP contribution in [-0.4, -0.2) is 33.4 Å². The van der Waals surface area contributed by atoms with Crippen molar-refractivity contribution in [3.05, 3.63) is 52.5 Å². The Morgan fingerprint density at radius 3 is 2.58 bits per heavy atom. The fraction of sp³-hybridized carbons (Fsp3) is 0.500. The van der Waals surface area contributed by atoms with Crippen LogP contribution >= 0.6 is 23.2 Å². The molecule has 1 aliphatic rings. The number of hydrogen-bond acceptors (Lipinski definition) is 2. The Kier molecular flexibility index (Phi) is 6.60. The highest BCUT2D eigenvalue weighted by atomic mass is 35.5. The van der Waals surface area contributed by atoms with Crippen molar-refractivity contribution in [1.29, 1.82) is 0 Å². The molecule has 4 nitrogen and oxygen atoms in total. The number of aryl methyl sites for hydroxylation is 1. The molecule has 1 aromatic carbocycles. The summed E-state index contributed by atoms with van der Waals surface area (Å²) in [4.78, 5) is 18.9. The Bertz CT molecular complexity index is 704. The summed E-state index contributed by atoms with van der Waals surface area (Å²) in [6, 6.07) is 5.39. The third kappa shape index (κ3) is 4.60. The van der Waals surface area contributed by atoms with E-state index in [4.69, 9.17) is 23.2 Å². The van der Waals surface area contributed by atoms with Crippen molar-refractivity contribution in [3.63, 3.8) is 0 Å². The number of nitrogens with zero attached hydrogens (tertiary/aromatic N) is 3. The quantitative estimate of drug-likeness (QED) is 0.691. The topological polar surface area (TPSA) is 38.1 Å². The van der Waals surface area contributed by atoms with E-state index in [1.54, 1.807) is 18.2 Å². The van der Waals surface area contributed by atoms with Gasteiger partial charge in [0.05, 0.1) is 12.2 Å². The first kappa shape index (κ1) is 19.2. The Morgan fingerprint density at radius 1 is 1.27 bits per heavy atom. The molecule has 6 heteroatoms. The molecule has 0 bridgehead atoms. The fourth-order valence-corrected chi connectivity index (χ4v) is 4.47. The summed E-state index contributed by atoms with van der Waals surface area (Å²) in [6.07, 6.45) is 10.2. The number of imidazole rings is 1. The van der Waals surface area contributed by atoms with Crippen LogP contribution in [0.2, 0.25) is 10.0 Å². The number of benzene rings is 1. The van der Waals surface area contributed by atoms with Crippen molar-refractivity contribution in [2.45, 2.75) is 45.1 Å². The molecule has 1 fully saturated rings. The summed E-state index contributed by atoms with van der Waals surface area (Å²) in [5.74, 6) is 0.507. The molecule has 1 aromatic heterocycles. The maximum atomic E-state index is 12.9. The minimum absolute atomic E-state index is 0.122. The van der Waals surface area contributed by atoms with Crippen molar-refractivity contribution in [3.8, 4) is 0 Å². The predicted molar refractivity (Wildman–Crippen MR) is 106 cm³/mol. The molecule has 1 saturated heterocycles. The summed E-state index contributed by atoms with van der Waals surface area (Å²) in [6.45, 7) is 4.55. The van der Waals surface area contributed by atoms with Gasteiger partial charge in [-0.15, -0.1) is 0 Å². The minimum Gasteiger partial charge on any atom is -0.342 e. The largest absolute Gasteiger partial charge is 0.342 e. The highest BCUT2D eigenvalue weighted by Gasteiger charge is 2.28. The smallest absolute Gasteiger partial charge is 0.229 e. The van der Waals surface area contributed by atoms with Gasteiger partial charge >= 0.3 is 0 Å². The van der Waals surface area contributed by atoms with Crippen LogP contribution in [0.4, 0.5) is 0 Å². The first-order valence-electron chi connectivity index (χ1n) is 9.24. The monoisotopic (exact) mass is 393 g/mol. The van der Waals surface area contributed by atoms with Crippen LogP contribution in [0.15, 0.2) is 36.9 Å². The van der Waals surface area contributed by atoms with E-state index in [-0.39, 0.29) is 11.8 Å². The van der Waals surface area contributed by atoms with E-state index >= 15 is 0 Å². The molecule has 26 heavy (non-hydrogen) atoms. The molecule has 0 radical (unpaired) electrons. The lowest BCUT2D eigenvalue weighted by atomic mass is 9.91. The molecule has 0 N–H and O–H groups in total. The van der Waals surface area contributed by atoms with Gasteiger partial charge in [0.15, 0.2) is 0 Å². The Labute approximate surface area is 165 Å². The molecule has 2 aromatic rings. The molecule has 3 rings (SSSR count). The van der Waals surface area contributed by atoms with Gasteiger partial charge in [-0.25, -0.2) is 4.98 Å². The highest BCUT2D eigenvalue weighted by molar-refractivity contribution is 6.36. The van der Waals surface area contributed by atoms with Crippen LogP contribution in [0.5, 0.6) is 0 Å². The van der Waals surface area contributed by atoms with E-state index in [2.05, 4.69) is 9.55 Å².